The maximum atomic E-state index is 11.9. The summed E-state index contributed by atoms with van der Waals surface area (Å²) in [4.78, 5) is 28.8. The van der Waals surface area contributed by atoms with Crippen molar-refractivity contribution in [2.75, 3.05) is 12.4 Å². The number of nitrogens with one attached hydrogen (secondary N) is 2. The van der Waals surface area contributed by atoms with E-state index in [0.29, 0.717) is 12.2 Å². The fraction of sp³-hybridized carbons (Fsp3) is 0.105. The average Bonchev–Trinajstić information content (AvgIpc) is 3.26. The predicted molar refractivity (Wildman–Crippen MR) is 101 cm³/mol. The molecule has 3 aromatic rings. The van der Waals surface area contributed by atoms with E-state index in [1.807, 2.05) is 30.5 Å². The first-order valence-corrected chi connectivity index (χ1v) is 8.66. The van der Waals surface area contributed by atoms with E-state index >= 15 is 0 Å². The van der Waals surface area contributed by atoms with Gasteiger partial charge in [-0.2, -0.15) is 0 Å². The van der Waals surface area contributed by atoms with Gasteiger partial charge in [0.2, 0.25) is 0 Å². The molecule has 1 aliphatic heterocycles. The Hall–Kier alpha value is -2.99. The van der Waals surface area contributed by atoms with Crippen LogP contribution in [0.3, 0.4) is 0 Å². The first kappa shape index (κ1) is 15.5. The largest absolute Gasteiger partial charge is 0.351 e. The quantitative estimate of drug-likeness (QED) is 0.698. The molecule has 2 aromatic carbocycles. The SMILES string of the molecule is CNC(=O)C(=O)Nc1cc2c(c(-c3cc4ccccc4s3)c1)CN=C2. The molecule has 5 nitrogen and oxygen atoms in total. The van der Waals surface area contributed by atoms with E-state index in [-0.39, 0.29) is 0 Å². The van der Waals surface area contributed by atoms with Gasteiger partial charge >= 0.3 is 11.8 Å². The number of carbonyl (C=O) groups excluding carboxylic acids is 2. The van der Waals surface area contributed by atoms with Gasteiger partial charge in [0.15, 0.2) is 0 Å². The Labute approximate surface area is 148 Å². The number of hydrogen-bond acceptors (Lipinski definition) is 4. The van der Waals surface area contributed by atoms with Crippen LogP contribution < -0.4 is 10.6 Å². The molecule has 1 aromatic heterocycles. The third-order valence-corrected chi connectivity index (χ3v) is 5.30. The molecule has 2 amide bonds. The highest BCUT2D eigenvalue weighted by atomic mass is 32.1. The summed E-state index contributed by atoms with van der Waals surface area (Å²) in [5, 5.41) is 6.17. The molecule has 2 heterocycles. The zero-order chi connectivity index (χ0) is 17.4. The van der Waals surface area contributed by atoms with E-state index in [0.717, 1.165) is 21.6 Å². The zero-order valence-electron chi connectivity index (χ0n) is 13.5. The molecule has 1 aliphatic rings. The standard InChI is InChI=1S/C19H15N3O2S/c1-20-18(23)19(24)22-13-6-12-9-21-10-15(12)14(8-13)17-7-11-4-2-3-5-16(11)25-17/h2-9H,10H2,1H3,(H,20,23)(H,22,24). The van der Waals surface area contributed by atoms with Crippen LogP contribution in [0.5, 0.6) is 0 Å². The van der Waals surface area contributed by atoms with Gasteiger partial charge in [-0.3, -0.25) is 14.6 Å². The van der Waals surface area contributed by atoms with Crippen molar-refractivity contribution in [2.24, 2.45) is 4.99 Å². The summed E-state index contributed by atoms with van der Waals surface area (Å²) >= 11 is 1.71. The fourth-order valence-electron chi connectivity index (χ4n) is 2.93. The number of nitrogens with zero attached hydrogens (tertiary/aromatic N) is 1. The number of carbonyl (C=O) groups is 2. The zero-order valence-corrected chi connectivity index (χ0v) is 14.3. The van der Waals surface area contributed by atoms with Crippen LogP contribution in [-0.2, 0) is 16.1 Å². The highest BCUT2D eigenvalue weighted by Crippen LogP contribution is 2.38. The normalized spacial score (nSPS) is 12.2. The number of anilines is 1. The molecule has 0 atom stereocenters. The van der Waals surface area contributed by atoms with Crippen molar-refractivity contribution in [2.45, 2.75) is 6.54 Å². The van der Waals surface area contributed by atoms with Gasteiger partial charge < -0.3 is 10.6 Å². The van der Waals surface area contributed by atoms with Gasteiger partial charge in [0.1, 0.15) is 0 Å². The Morgan fingerprint density at radius 3 is 2.76 bits per heavy atom. The molecule has 2 N–H and O–H groups in total. The monoisotopic (exact) mass is 349 g/mol. The van der Waals surface area contributed by atoms with Crippen molar-refractivity contribution in [3.05, 3.63) is 53.6 Å². The van der Waals surface area contributed by atoms with Crippen LogP contribution in [0.25, 0.3) is 20.5 Å². The van der Waals surface area contributed by atoms with Gasteiger partial charge in [0, 0.05) is 34.1 Å². The van der Waals surface area contributed by atoms with Gasteiger partial charge in [0.05, 0.1) is 6.54 Å². The van der Waals surface area contributed by atoms with E-state index in [4.69, 9.17) is 0 Å². The number of fused-ring (bicyclic) bond motifs is 2. The summed E-state index contributed by atoms with van der Waals surface area (Å²) in [7, 11) is 1.43. The maximum Gasteiger partial charge on any atom is 0.313 e. The van der Waals surface area contributed by atoms with Crippen LogP contribution in [0.2, 0.25) is 0 Å². The van der Waals surface area contributed by atoms with E-state index < -0.39 is 11.8 Å². The minimum atomic E-state index is -0.681. The van der Waals surface area contributed by atoms with Crippen LogP contribution in [0.4, 0.5) is 5.69 Å². The predicted octanol–water partition coefficient (Wildman–Crippen LogP) is 3.19. The van der Waals surface area contributed by atoms with Gasteiger partial charge in [0.25, 0.3) is 0 Å². The maximum absolute atomic E-state index is 11.9. The molecule has 0 aliphatic carbocycles. The second-order valence-corrected chi connectivity index (χ2v) is 6.83. The molecule has 124 valence electrons. The minimum absolute atomic E-state index is 0.591. The number of amides is 2. The molecule has 0 unspecified atom stereocenters. The van der Waals surface area contributed by atoms with Crippen LogP contribution in [0.15, 0.2) is 47.5 Å². The Morgan fingerprint density at radius 2 is 1.96 bits per heavy atom. The molecule has 6 heteroatoms. The van der Waals surface area contributed by atoms with Crippen LogP contribution in [-0.4, -0.2) is 25.1 Å². The molecule has 0 fully saturated rings. The molecule has 0 saturated carbocycles. The Bertz CT molecular complexity index is 1000. The van der Waals surface area contributed by atoms with Gasteiger partial charge in [-0.15, -0.1) is 11.3 Å². The van der Waals surface area contributed by atoms with Crippen molar-refractivity contribution in [1.29, 1.82) is 0 Å². The minimum Gasteiger partial charge on any atom is -0.351 e. The Morgan fingerprint density at radius 1 is 1.12 bits per heavy atom. The van der Waals surface area contributed by atoms with Crippen molar-refractivity contribution in [3.63, 3.8) is 0 Å². The second-order valence-electron chi connectivity index (χ2n) is 5.74. The molecule has 4 rings (SSSR count). The lowest BCUT2D eigenvalue weighted by Crippen LogP contribution is -2.32. The van der Waals surface area contributed by atoms with Crippen LogP contribution in [0, 0.1) is 0 Å². The van der Waals surface area contributed by atoms with Crippen LogP contribution >= 0.6 is 11.3 Å². The summed E-state index contributed by atoms with van der Waals surface area (Å²) in [6.45, 7) is 0.628. The topological polar surface area (TPSA) is 70.6 Å². The number of aliphatic imine (C=N–C) groups is 1. The first-order chi connectivity index (χ1) is 12.2. The molecule has 25 heavy (non-hydrogen) atoms. The summed E-state index contributed by atoms with van der Waals surface area (Å²) < 4.78 is 1.21. The van der Waals surface area contributed by atoms with Crippen molar-refractivity contribution >= 4 is 45.1 Å². The molecule has 0 saturated heterocycles. The molecule has 0 spiro atoms. The van der Waals surface area contributed by atoms with Crippen molar-refractivity contribution in [3.8, 4) is 10.4 Å². The first-order valence-electron chi connectivity index (χ1n) is 7.84. The van der Waals surface area contributed by atoms with Gasteiger partial charge in [-0.05, 0) is 40.8 Å². The molecule has 0 radical (unpaired) electrons. The van der Waals surface area contributed by atoms with E-state index in [1.54, 1.807) is 11.3 Å². The van der Waals surface area contributed by atoms with Crippen molar-refractivity contribution < 1.29 is 9.59 Å². The second kappa shape index (κ2) is 6.14. The fourth-order valence-corrected chi connectivity index (χ4v) is 4.04. The summed E-state index contributed by atoms with van der Waals surface area (Å²) in [5.41, 5.74) is 3.75. The average molecular weight is 349 g/mol. The summed E-state index contributed by atoms with van der Waals surface area (Å²) in [6, 6.07) is 14.1. The highest BCUT2D eigenvalue weighted by Gasteiger charge is 2.18. The third kappa shape index (κ3) is 2.81. The van der Waals surface area contributed by atoms with Gasteiger partial charge in [-0.1, -0.05) is 18.2 Å². The summed E-state index contributed by atoms with van der Waals surface area (Å²) in [5.74, 6) is -1.35. The lowest BCUT2D eigenvalue weighted by atomic mass is 10.0. The van der Waals surface area contributed by atoms with E-state index in [9.17, 15) is 9.59 Å². The van der Waals surface area contributed by atoms with Gasteiger partial charge in [-0.25, -0.2) is 0 Å². The number of rotatable bonds is 2. The molecular weight excluding hydrogens is 334 g/mol. The third-order valence-electron chi connectivity index (χ3n) is 4.15. The number of thiophene rings is 1. The summed E-state index contributed by atoms with van der Waals surface area (Å²) in [6.07, 6.45) is 1.81. The smallest absolute Gasteiger partial charge is 0.313 e. The van der Waals surface area contributed by atoms with Crippen LogP contribution in [0.1, 0.15) is 11.1 Å². The van der Waals surface area contributed by atoms with Crippen molar-refractivity contribution in [1.82, 2.24) is 5.32 Å². The molecule has 0 bridgehead atoms. The molecular formula is C19H15N3O2S. The van der Waals surface area contributed by atoms with E-state index in [1.165, 1.54) is 17.1 Å². The highest BCUT2D eigenvalue weighted by molar-refractivity contribution is 7.22. The Kier molecular flexibility index (Phi) is 3.82. The number of hydrogen-bond donors (Lipinski definition) is 2. The lowest BCUT2D eigenvalue weighted by Gasteiger charge is -2.11. The Balaban J connectivity index is 1.79. The lowest BCUT2D eigenvalue weighted by molar-refractivity contribution is -0.135. The number of benzene rings is 2. The number of likely N-dealkylation sites (N-methyl/N-ethyl adjacent to an activating group) is 1. The van der Waals surface area contributed by atoms with E-state index in [2.05, 4.69) is 33.8 Å².